The van der Waals surface area contributed by atoms with Crippen LogP contribution in [-0.2, 0) is 0 Å². The molecule has 0 bridgehead atoms. The molecule has 14 heavy (non-hydrogen) atoms. The van der Waals surface area contributed by atoms with Crippen LogP contribution in [0.15, 0.2) is 35.1 Å². The standard InChI is InChI=1S/C10H6BrN3/c11-10-2-1-7(4-12)3-9(10)8-5-13-14-6-8/h1-3,5-6H,(H,13,14). The first-order chi connectivity index (χ1) is 6.81. The molecule has 1 heterocycles. The summed E-state index contributed by atoms with van der Waals surface area (Å²) in [6.45, 7) is 0. The van der Waals surface area contributed by atoms with Gasteiger partial charge in [-0.25, -0.2) is 0 Å². The predicted octanol–water partition coefficient (Wildman–Crippen LogP) is 2.71. The molecule has 68 valence electrons. The first-order valence-electron chi connectivity index (χ1n) is 4.00. The Labute approximate surface area is 89.5 Å². The maximum absolute atomic E-state index is 8.76. The molecule has 0 saturated carbocycles. The quantitative estimate of drug-likeness (QED) is 0.843. The second kappa shape index (κ2) is 3.64. The number of hydrogen-bond acceptors (Lipinski definition) is 2. The molecule has 0 aliphatic carbocycles. The Hall–Kier alpha value is -1.60. The Morgan fingerprint density at radius 2 is 2.29 bits per heavy atom. The van der Waals surface area contributed by atoms with Crippen LogP contribution in [-0.4, -0.2) is 10.2 Å². The van der Waals surface area contributed by atoms with E-state index in [0.29, 0.717) is 5.56 Å². The number of rotatable bonds is 1. The highest BCUT2D eigenvalue weighted by molar-refractivity contribution is 9.10. The molecule has 0 radical (unpaired) electrons. The zero-order valence-electron chi connectivity index (χ0n) is 7.16. The average Bonchev–Trinajstić information content (AvgIpc) is 2.71. The summed E-state index contributed by atoms with van der Waals surface area (Å²) in [5.74, 6) is 0. The van der Waals surface area contributed by atoms with E-state index in [9.17, 15) is 0 Å². The van der Waals surface area contributed by atoms with Gasteiger partial charge in [-0.3, -0.25) is 5.10 Å². The minimum absolute atomic E-state index is 0.643. The van der Waals surface area contributed by atoms with E-state index < -0.39 is 0 Å². The normalized spacial score (nSPS) is 9.71. The van der Waals surface area contributed by atoms with Crippen LogP contribution < -0.4 is 0 Å². The van der Waals surface area contributed by atoms with E-state index in [4.69, 9.17) is 5.26 Å². The van der Waals surface area contributed by atoms with Crippen molar-refractivity contribution in [2.24, 2.45) is 0 Å². The molecule has 0 spiro atoms. The van der Waals surface area contributed by atoms with Crippen LogP contribution >= 0.6 is 15.9 Å². The van der Waals surface area contributed by atoms with Crippen molar-refractivity contribution in [3.05, 3.63) is 40.6 Å². The Balaban J connectivity index is 2.58. The summed E-state index contributed by atoms with van der Waals surface area (Å²) in [6, 6.07) is 7.57. The Bertz CT molecular complexity index is 483. The summed E-state index contributed by atoms with van der Waals surface area (Å²) in [5, 5.41) is 15.4. The summed E-state index contributed by atoms with van der Waals surface area (Å²) in [4.78, 5) is 0. The average molecular weight is 248 g/mol. The highest BCUT2D eigenvalue weighted by Gasteiger charge is 2.04. The molecule has 0 aliphatic heterocycles. The summed E-state index contributed by atoms with van der Waals surface area (Å²) >= 11 is 3.43. The first kappa shape index (κ1) is 8.97. The molecule has 0 unspecified atom stereocenters. The maximum Gasteiger partial charge on any atom is 0.0991 e. The van der Waals surface area contributed by atoms with Crippen molar-refractivity contribution in [2.75, 3.05) is 0 Å². The SMILES string of the molecule is N#Cc1ccc(Br)c(-c2cn[nH]c2)c1. The van der Waals surface area contributed by atoms with Crippen molar-refractivity contribution in [2.45, 2.75) is 0 Å². The van der Waals surface area contributed by atoms with E-state index in [2.05, 4.69) is 32.2 Å². The topological polar surface area (TPSA) is 52.5 Å². The first-order valence-corrected chi connectivity index (χ1v) is 4.79. The van der Waals surface area contributed by atoms with Crippen molar-refractivity contribution in [1.29, 1.82) is 5.26 Å². The van der Waals surface area contributed by atoms with Gasteiger partial charge < -0.3 is 0 Å². The van der Waals surface area contributed by atoms with Gasteiger partial charge in [0.15, 0.2) is 0 Å². The van der Waals surface area contributed by atoms with Gasteiger partial charge in [-0.1, -0.05) is 15.9 Å². The third-order valence-electron chi connectivity index (χ3n) is 1.90. The number of nitrogens with one attached hydrogen (secondary N) is 1. The lowest BCUT2D eigenvalue weighted by molar-refractivity contribution is 1.09. The van der Waals surface area contributed by atoms with Crippen molar-refractivity contribution in [3.63, 3.8) is 0 Å². The second-order valence-electron chi connectivity index (χ2n) is 2.79. The summed E-state index contributed by atoms with van der Waals surface area (Å²) in [7, 11) is 0. The minimum atomic E-state index is 0.643. The second-order valence-corrected chi connectivity index (χ2v) is 3.65. The van der Waals surface area contributed by atoms with Crippen LogP contribution in [0, 0.1) is 11.3 Å². The van der Waals surface area contributed by atoms with Crippen LogP contribution in [0.5, 0.6) is 0 Å². The number of halogens is 1. The molecule has 0 aliphatic rings. The van der Waals surface area contributed by atoms with Crippen molar-refractivity contribution in [1.82, 2.24) is 10.2 Å². The van der Waals surface area contributed by atoms with Gasteiger partial charge in [-0.2, -0.15) is 10.4 Å². The number of nitrogens with zero attached hydrogens (tertiary/aromatic N) is 2. The van der Waals surface area contributed by atoms with Gasteiger partial charge in [0.2, 0.25) is 0 Å². The molecule has 4 heteroatoms. The lowest BCUT2D eigenvalue weighted by Gasteiger charge is -2.00. The van der Waals surface area contributed by atoms with Crippen LogP contribution in [0.25, 0.3) is 11.1 Å². The molecule has 1 N–H and O–H groups in total. The van der Waals surface area contributed by atoms with Gasteiger partial charge >= 0.3 is 0 Å². The monoisotopic (exact) mass is 247 g/mol. The van der Waals surface area contributed by atoms with E-state index in [1.165, 1.54) is 0 Å². The molecule has 0 amide bonds. The van der Waals surface area contributed by atoms with Crippen LogP contribution in [0.1, 0.15) is 5.56 Å². The smallest absolute Gasteiger partial charge is 0.0991 e. The van der Waals surface area contributed by atoms with E-state index in [-0.39, 0.29) is 0 Å². The summed E-state index contributed by atoms with van der Waals surface area (Å²) < 4.78 is 0.956. The van der Waals surface area contributed by atoms with E-state index in [1.54, 1.807) is 18.5 Å². The number of benzene rings is 1. The number of nitriles is 1. The summed E-state index contributed by atoms with van der Waals surface area (Å²) in [5.41, 5.74) is 2.58. The predicted molar refractivity (Wildman–Crippen MR) is 56.4 cm³/mol. The fraction of sp³-hybridized carbons (Fsp3) is 0. The Morgan fingerprint density at radius 1 is 1.43 bits per heavy atom. The molecular formula is C10H6BrN3. The van der Waals surface area contributed by atoms with Crippen molar-refractivity contribution < 1.29 is 0 Å². The van der Waals surface area contributed by atoms with Crippen molar-refractivity contribution >= 4 is 15.9 Å². The number of H-pyrrole nitrogens is 1. The van der Waals surface area contributed by atoms with Crippen LogP contribution in [0.3, 0.4) is 0 Å². The summed E-state index contributed by atoms with van der Waals surface area (Å²) in [6.07, 6.45) is 3.52. The lowest BCUT2D eigenvalue weighted by atomic mass is 10.1. The zero-order valence-corrected chi connectivity index (χ0v) is 8.75. The number of aromatic nitrogens is 2. The maximum atomic E-state index is 8.76. The van der Waals surface area contributed by atoms with Crippen LogP contribution in [0.2, 0.25) is 0 Å². The third-order valence-corrected chi connectivity index (χ3v) is 2.60. The highest BCUT2D eigenvalue weighted by atomic mass is 79.9. The van der Waals surface area contributed by atoms with Gasteiger partial charge in [-0.05, 0) is 18.2 Å². The molecule has 0 atom stereocenters. The molecular weight excluding hydrogens is 242 g/mol. The molecule has 1 aromatic heterocycles. The molecule has 0 saturated heterocycles. The Morgan fingerprint density at radius 3 is 2.93 bits per heavy atom. The molecule has 3 nitrogen and oxygen atoms in total. The van der Waals surface area contributed by atoms with Gasteiger partial charge in [0.1, 0.15) is 0 Å². The van der Waals surface area contributed by atoms with E-state index in [1.807, 2.05) is 12.1 Å². The fourth-order valence-corrected chi connectivity index (χ4v) is 1.69. The molecule has 2 aromatic rings. The number of hydrogen-bond donors (Lipinski definition) is 1. The minimum Gasteiger partial charge on any atom is -0.285 e. The molecule has 2 rings (SSSR count). The van der Waals surface area contributed by atoms with Gasteiger partial charge in [0.25, 0.3) is 0 Å². The zero-order chi connectivity index (χ0) is 9.97. The Kier molecular flexibility index (Phi) is 2.33. The van der Waals surface area contributed by atoms with E-state index in [0.717, 1.165) is 15.6 Å². The van der Waals surface area contributed by atoms with Gasteiger partial charge in [0, 0.05) is 21.8 Å². The molecule has 1 aromatic carbocycles. The number of aromatic amines is 1. The van der Waals surface area contributed by atoms with Crippen LogP contribution in [0.4, 0.5) is 0 Å². The van der Waals surface area contributed by atoms with Crippen molar-refractivity contribution in [3.8, 4) is 17.2 Å². The molecule has 0 fully saturated rings. The van der Waals surface area contributed by atoms with Gasteiger partial charge in [-0.15, -0.1) is 0 Å². The fourth-order valence-electron chi connectivity index (χ4n) is 1.21. The van der Waals surface area contributed by atoms with E-state index >= 15 is 0 Å². The third kappa shape index (κ3) is 1.54. The largest absolute Gasteiger partial charge is 0.285 e. The lowest BCUT2D eigenvalue weighted by Crippen LogP contribution is -1.80. The van der Waals surface area contributed by atoms with Gasteiger partial charge in [0.05, 0.1) is 17.8 Å². The highest BCUT2D eigenvalue weighted by Crippen LogP contribution is 2.28.